The Balaban J connectivity index is 3.00. The minimum Gasteiger partial charge on any atom is -0.395 e. The molecule has 6 heteroatoms. The number of rotatable bonds is 8. The normalized spacial score (nSPS) is 11.7. The van der Waals surface area contributed by atoms with Crippen molar-refractivity contribution < 1.29 is 13.5 Å². The summed E-state index contributed by atoms with van der Waals surface area (Å²) in [6.45, 7) is 4.06. The van der Waals surface area contributed by atoms with Crippen molar-refractivity contribution in [3.63, 3.8) is 0 Å². The van der Waals surface area contributed by atoms with E-state index in [9.17, 15) is 8.42 Å². The van der Waals surface area contributed by atoms with E-state index >= 15 is 0 Å². The lowest BCUT2D eigenvalue weighted by atomic mass is 10.2. The van der Waals surface area contributed by atoms with E-state index < -0.39 is 10.0 Å². The molecule has 1 aromatic carbocycles. The predicted molar refractivity (Wildman–Crippen MR) is 75.2 cm³/mol. The van der Waals surface area contributed by atoms with Crippen molar-refractivity contribution in [1.82, 2.24) is 4.31 Å². The number of hydrogen-bond donors (Lipinski definition) is 2. The van der Waals surface area contributed by atoms with Crippen molar-refractivity contribution in [1.29, 1.82) is 0 Å². The number of benzene rings is 1. The van der Waals surface area contributed by atoms with Gasteiger partial charge in [-0.25, -0.2) is 8.42 Å². The van der Waals surface area contributed by atoms with Crippen molar-refractivity contribution in [2.24, 2.45) is 5.73 Å². The number of hydrogen-bond acceptors (Lipinski definition) is 4. The SMILES string of the molecule is C=CCN(CCO)S(=O)(=O)c1ccc(CCN)cc1. The first-order valence-corrected chi connectivity index (χ1v) is 7.51. The molecular formula is C13H20N2O3S. The Bertz CT molecular complexity index is 497. The number of aliphatic hydroxyl groups excluding tert-OH is 1. The van der Waals surface area contributed by atoms with Crippen LogP contribution in [-0.2, 0) is 16.4 Å². The first kappa shape index (κ1) is 15.8. The van der Waals surface area contributed by atoms with Crippen LogP contribution in [0.1, 0.15) is 5.56 Å². The second-order valence-electron chi connectivity index (χ2n) is 4.06. The van der Waals surface area contributed by atoms with Gasteiger partial charge in [-0.1, -0.05) is 18.2 Å². The lowest BCUT2D eigenvalue weighted by molar-refractivity contribution is 0.260. The third-order valence-corrected chi connectivity index (χ3v) is 4.56. The van der Waals surface area contributed by atoms with E-state index in [2.05, 4.69) is 6.58 Å². The second kappa shape index (κ2) is 7.40. The molecule has 106 valence electrons. The highest BCUT2D eigenvalue weighted by atomic mass is 32.2. The van der Waals surface area contributed by atoms with Gasteiger partial charge in [-0.2, -0.15) is 4.31 Å². The van der Waals surface area contributed by atoms with Gasteiger partial charge < -0.3 is 10.8 Å². The Hall–Kier alpha value is -1.21. The third kappa shape index (κ3) is 4.14. The summed E-state index contributed by atoms with van der Waals surface area (Å²) < 4.78 is 25.8. The fourth-order valence-electron chi connectivity index (χ4n) is 1.71. The largest absolute Gasteiger partial charge is 0.395 e. The van der Waals surface area contributed by atoms with Crippen LogP contribution in [0.4, 0.5) is 0 Å². The molecule has 0 spiro atoms. The maximum atomic E-state index is 12.3. The molecule has 0 atom stereocenters. The van der Waals surface area contributed by atoms with Gasteiger partial charge in [-0.15, -0.1) is 6.58 Å². The summed E-state index contributed by atoms with van der Waals surface area (Å²) in [7, 11) is -3.59. The number of aliphatic hydroxyl groups is 1. The van der Waals surface area contributed by atoms with Crippen LogP contribution in [0.5, 0.6) is 0 Å². The molecular weight excluding hydrogens is 264 g/mol. The minimum atomic E-state index is -3.59. The summed E-state index contributed by atoms with van der Waals surface area (Å²) in [6.07, 6.45) is 2.21. The van der Waals surface area contributed by atoms with E-state index in [1.165, 1.54) is 10.4 Å². The van der Waals surface area contributed by atoms with Crippen LogP contribution in [0.3, 0.4) is 0 Å². The molecule has 5 nitrogen and oxygen atoms in total. The van der Waals surface area contributed by atoms with E-state index in [0.717, 1.165) is 5.56 Å². The number of sulfonamides is 1. The molecule has 0 unspecified atom stereocenters. The molecule has 0 radical (unpaired) electrons. The predicted octanol–water partition coefficient (Wildman–Crippen LogP) is 0.357. The summed E-state index contributed by atoms with van der Waals surface area (Å²) in [5.41, 5.74) is 6.45. The van der Waals surface area contributed by atoms with E-state index in [1.54, 1.807) is 24.3 Å². The maximum absolute atomic E-state index is 12.3. The molecule has 19 heavy (non-hydrogen) atoms. The van der Waals surface area contributed by atoms with Gasteiger partial charge in [0.2, 0.25) is 10.0 Å². The summed E-state index contributed by atoms with van der Waals surface area (Å²) in [5.74, 6) is 0. The first-order chi connectivity index (χ1) is 9.06. The number of nitrogens with two attached hydrogens (primary N) is 1. The fourth-order valence-corrected chi connectivity index (χ4v) is 3.11. The summed E-state index contributed by atoms with van der Waals surface area (Å²) >= 11 is 0. The van der Waals surface area contributed by atoms with Crippen LogP contribution in [0, 0.1) is 0 Å². The van der Waals surface area contributed by atoms with Crippen LogP contribution in [0.2, 0.25) is 0 Å². The van der Waals surface area contributed by atoms with Crippen molar-refractivity contribution in [3.8, 4) is 0 Å². The molecule has 0 bridgehead atoms. The molecule has 0 aliphatic heterocycles. The molecule has 0 saturated carbocycles. The van der Waals surface area contributed by atoms with Gasteiger partial charge in [0.25, 0.3) is 0 Å². The Labute approximate surface area is 114 Å². The second-order valence-corrected chi connectivity index (χ2v) is 6.00. The summed E-state index contributed by atoms with van der Waals surface area (Å²) in [6, 6.07) is 6.64. The van der Waals surface area contributed by atoms with Crippen molar-refractivity contribution >= 4 is 10.0 Å². The molecule has 0 aliphatic rings. The quantitative estimate of drug-likeness (QED) is 0.675. The molecule has 0 heterocycles. The first-order valence-electron chi connectivity index (χ1n) is 6.07. The highest BCUT2D eigenvalue weighted by molar-refractivity contribution is 7.89. The van der Waals surface area contributed by atoms with Gasteiger partial charge in [-0.05, 0) is 30.7 Å². The molecule has 3 N–H and O–H groups in total. The smallest absolute Gasteiger partial charge is 0.243 e. The highest BCUT2D eigenvalue weighted by Crippen LogP contribution is 2.16. The van der Waals surface area contributed by atoms with E-state index in [-0.39, 0.29) is 24.6 Å². The fraction of sp³-hybridized carbons (Fsp3) is 0.385. The van der Waals surface area contributed by atoms with Crippen LogP contribution < -0.4 is 5.73 Å². The lowest BCUT2D eigenvalue weighted by Crippen LogP contribution is -2.33. The van der Waals surface area contributed by atoms with E-state index in [0.29, 0.717) is 13.0 Å². The molecule has 0 amide bonds. The van der Waals surface area contributed by atoms with Gasteiger partial charge in [0, 0.05) is 13.1 Å². The Morgan fingerprint density at radius 2 is 1.95 bits per heavy atom. The van der Waals surface area contributed by atoms with Gasteiger partial charge in [0.15, 0.2) is 0 Å². The molecule has 1 rings (SSSR count). The van der Waals surface area contributed by atoms with Gasteiger partial charge in [0.1, 0.15) is 0 Å². The molecule has 0 fully saturated rings. The molecule has 0 saturated heterocycles. The third-order valence-electron chi connectivity index (χ3n) is 2.68. The van der Waals surface area contributed by atoms with Crippen LogP contribution in [-0.4, -0.2) is 44.1 Å². The summed E-state index contributed by atoms with van der Waals surface area (Å²) in [4.78, 5) is 0.212. The average molecular weight is 284 g/mol. The van der Waals surface area contributed by atoms with Crippen molar-refractivity contribution in [2.45, 2.75) is 11.3 Å². The maximum Gasteiger partial charge on any atom is 0.243 e. The van der Waals surface area contributed by atoms with Crippen LogP contribution in [0.25, 0.3) is 0 Å². The molecule has 0 aromatic heterocycles. The Morgan fingerprint density at radius 3 is 2.42 bits per heavy atom. The van der Waals surface area contributed by atoms with E-state index in [4.69, 9.17) is 10.8 Å². The van der Waals surface area contributed by atoms with Crippen LogP contribution in [0.15, 0.2) is 41.8 Å². The molecule has 1 aromatic rings. The van der Waals surface area contributed by atoms with Gasteiger partial charge >= 0.3 is 0 Å². The topological polar surface area (TPSA) is 83.6 Å². The summed E-state index contributed by atoms with van der Waals surface area (Å²) in [5, 5.41) is 8.93. The Morgan fingerprint density at radius 1 is 1.32 bits per heavy atom. The van der Waals surface area contributed by atoms with Crippen molar-refractivity contribution in [3.05, 3.63) is 42.5 Å². The zero-order valence-corrected chi connectivity index (χ0v) is 11.6. The zero-order chi connectivity index (χ0) is 14.3. The van der Waals surface area contributed by atoms with Gasteiger partial charge in [0.05, 0.1) is 11.5 Å². The Kier molecular flexibility index (Phi) is 6.17. The van der Waals surface area contributed by atoms with Crippen molar-refractivity contribution in [2.75, 3.05) is 26.2 Å². The van der Waals surface area contributed by atoms with Gasteiger partial charge in [-0.3, -0.25) is 0 Å². The average Bonchev–Trinajstić information content (AvgIpc) is 2.39. The standard InChI is InChI=1S/C13H20N2O3S/c1-2-9-15(10-11-16)19(17,18)13-5-3-12(4-6-13)7-8-14/h2-6,16H,1,7-11,14H2. The zero-order valence-electron chi connectivity index (χ0n) is 10.8. The molecule has 0 aliphatic carbocycles. The van der Waals surface area contributed by atoms with E-state index in [1.807, 2.05) is 0 Å². The number of nitrogens with zero attached hydrogens (tertiary/aromatic N) is 1. The monoisotopic (exact) mass is 284 g/mol. The lowest BCUT2D eigenvalue weighted by Gasteiger charge is -2.19. The minimum absolute atomic E-state index is 0.0545. The highest BCUT2D eigenvalue weighted by Gasteiger charge is 2.22. The van der Waals surface area contributed by atoms with Crippen LogP contribution >= 0.6 is 0 Å².